The van der Waals surface area contributed by atoms with Crippen LogP contribution in [0.25, 0.3) is 0 Å². The number of esters is 1. The SMILES string of the molecule is COC(=O)[C@H](CNC(=O)OC(C)(C)C)N1CCN(C(=O)C(C)C)CC1. The minimum atomic E-state index is -0.603. The van der Waals surface area contributed by atoms with Gasteiger partial charge in [-0.3, -0.25) is 14.5 Å². The van der Waals surface area contributed by atoms with Crippen molar-refractivity contribution in [2.45, 2.75) is 46.3 Å². The van der Waals surface area contributed by atoms with Crippen molar-refractivity contribution in [3.8, 4) is 0 Å². The Morgan fingerprint density at radius 3 is 2.08 bits per heavy atom. The highest BCUT2D eigenvalue weighted by atomic mass is 16.6. The molecule has 0 aliphatic carbocycles. The summed E-state index contributed by atoms with van der Waals surface area (Å²) in [5.41, 5.74) is -0.603. The van der Waals surface area contributed by atoms with Crippen molar-refractivity contribution in [1.29, 1.82) is 0 Å². The van der Waals surface area contributed by atoms with Gasteiger partial charge in [0.1, 0.15) is 11.6 Å². The van der Waals surface area contributed by atoms with E-state index in [1.54, 1.807) is 25.7 Å². The number of nitrogens with zero attached hydrogens (tertiary/aromatic N) is 2. The molecule has 0 spiro atoms. The Kier molecular flexibility index (Phi) is 7.66. The van der Waals surface area contributed by atoms with Gasteiger partial charge >= 0.3 is 12.1 Å². The number of hydrogen-bond acceptors (Lipinski definition) is 6. The number of rotatable bonds is 5. The van der Waals surface area contributed by atoms with Gasteiger partial charge < -0.3 is 19.7 Å². The number of hydrogen-bond donors (Lipinski definition) is 1. The summed E-state index contributed by atoms with van der Waals surface area (Å²) in [5, 5.41) is 2.62. The van der Waals surface area contributed by atoms with Crippen LogP contribution in [0.4, 0.5) is 4.79 Å². The Bertz CT molecular complexity index is 479. The Hall–Kier alpha value is -1.83. The van der Waals surface area contributed by atoms with Crippen LogP contribution in [0.1, 0.15) is 34.6 Å². The van der Waals surface area contributed by atoms with E-state index in [0.717, 1.165) is 0 Å². The van der Waals surface area contributed by atoms with Crippen LogP contribution in [-0.2, 0) is 19.1 Å². The van der Waals surface area contributed by atoms with E-state index in [9.17, 15) is 14.4 Å². The summed E-state index contributed by atoms with van der Waals surface area (Å²) in [6.45, 7) is 11.4. The first-order valence-corrected chi connectivity index (χ1v) is 8.62. The minimum Gasteiger partial charge on any atom is -0.468 e. The zero-order valence-corrected chi connectivity index (χ0v) is 16.1. The van der Waals surface area contributed by atoms with Crippen LogP contribution in [0.15, 0.2) is 0 Å². The number of piperazine rings is 1. The number of ether oxygens (including phenoxy) is 2. The summed E-state index contributed by atoms with van der Waals surface area (Å²) < 4.78 is 10.0. The maximum atomic E-state index is 12.1. The van der Waals surface area contributed by atoms with Crippen molar-refractivity contribution in [2.24, 2.45) is 5.92 Å². The first kappa shape index (κ1) is 21.2. The summed E-state index contributed by atoms with van der Waals surface area (Å²) in [4.78, 5) is 39.7. The van der Waals surface area contributed by atoms with E-state index in [2.05, 4.69) is 5.32 Å². The van der Waals surface area contributed by atoms with Crippen molar-refractivity contribution >= 4 is 18.0 Å². The van der Waals surface area contributed by atoms with Gasteiger partial charge in [-0.2, -0.15) is 0 Å². The van der Waals surface area contributed by atoms with Crippen LogP contribution < -0.4 is 5.32 Å². The van der Waals surface area contributed by atoms with Gasteiger partial charge in [-0.05, 0) is 20.8 Å². The number of amides is 2. The molecule has 0 radical (unpaired) electrons. The lowest BCUT2D eigenvalue weighted by Gasteiger charge is -2.38. The van der Waals surface area contributed by atoms with Gasteiger partial charge in [-0.25, -0.2) is 4.79 Å². The van der Waals surface area contributed by atoms with Gasteiger partial charge in [-0.1, -0.05) is 13.8 Å². The highest BCUT2D eigenvalue weighted by molar-refractivity contribution is 5.79. The predicted octanol–water partition coefficient (Wildman–Crippen LogP) is 0.853. The van der Waals surface area contributed by atoms with Crippen molar-refractivity contribution < 1.29 is 23.9 Å². The van der Waals surface area contributed by atoms with Gasteiger partial charge in [0.05, 0.1) is 7.11 Å². The summed E-state index contributed by atoms with van der Waals surface area (Å²) in [6.07, 6.45) is -0.574. The quantitative estimate of drug-likeness (QED) is 0.734. The Labute approximate surface area is 149 Å². The van der Waals surface area contributed by atoms with Gasteiger partial charge in [0, 0.05) is 38.6 Å². The number of carbonyl (C=O) groups is 3. The second-order valence-corrected chi connectivity index (χ2v) is 7.44. The second kappa shape index (κ2) is 9.03. The maximum Gasteiger partial charge on any atom is 0.407 e. The van der Waals surface area contributed by atoms with Crippen LogP contribution in [0.5, 0.6) is 0 Å². The van der Waals surface area contributed by atoms with Crippen LogP contribution in [0.2, 0.25) is 0 Å². The molecule has 1 aliphatic rings. The van der Waals surface area contributed by atoms with E-state index in [1.165, 1.54) is 7.11 Å². The molecule has 1 N–H and O–H groups in total. The van der Waals surface area contributed by atoms with Crippen molar-refractivity contribution in [3.05, 3.63) is 0 Å². The zero-order valence-electron chi connectivity index (χ0n) is 16.1. The molecule has 0 aromatic carbocycles. The molecule has 1 fully saturated rings. The number of methoxy groups -OCH3 is 1. The average molecular weight is 357 g/mol. The van der Waals surface area contributed by atoms with E-state index >= 15 is 0 Å². The molecule has 2 amide bonds. The molecule has 0 bridgehead atoms. The first-order chi connectivity index (χ1) is 11.5. The van der Waals surface area contributed by atoms with Crippen LogP contribution in [0.3, 0.4) is 0 Å². The lowest BCUT2D eigenvalue weighted by Crippen LogP contribution is -2.57. The molecule has 8 heteroatoms. The number of carbonyl (C=O) groups excluding carboxylic acids is 3. The molecule has 144 valence electrons. The van der Waals surface area contributed by atoms with Crippen molar-refractivity contribution in [3.63, 3.8) is 0 Å². The molecule has 25 heavy (non-hydrogen) atoms. The second-order valence-electron chi connectivity index (χ2n) is 7.44. The van der Waals surface area contributed by atoms with E-state index in [4.69, 9.17) is 9.47 Å². The summed E-state index contributed by atoms with van der Waals surface area (Å²) in [6, 6.07) is -0.603. The average Bonchev–Trinajstić information content (AvgIpc) is 2.52. The molecule has 8 nitrogen and oxygen atoms in total. The highest BCUT2D eigenvalue weighted by Crippen LogP contribution is 2.11. The molecule has 0 aromatic rings. The molecular formula is C17H31N3O5. The zero-order chi connectivity index (χ0) is 19.2. The third-order valence-electron chi connectivity index (χ3n) is 3.87. The normalized spacial score (nSPS) is 17.2. The highest BCUT2D eigenvalue weighted by Gasteiger charge is 2.32. The number of nitrogens with one attached hydrogen (secondary N) is 1. The summed E-state index contributed by atoms with van der Waals surface area (Å²) in [7, 11) is 1.32. The topological polar surface area (TPSA) is 88.2 Å². The van der Waals surface area contributed by atoms with Gasteiger partial charge in [0.15, 0.2) is 0 Å². The van der Waals surface area contributed by atoms with E-state index in [1.807, 2.05) is 18.7 Å². The third kappa shape index (κ3) is 6.89. The summed E-state index contributed by atoms with van der Waals surface area (Å²) >= 11 is 0. The van der Waals surface area contributed by atoms with Crippen LogP contribution in [-0.4, -0.2) is 79.2 Å². The molecule has 1 rings (SSSR count). The molecule has 1 heterocycles. The molecular weight excluding hydrogens is 326 g/mol. The molecule has 1 aliphatic heterocycles. The minimum absolute atomic E-state index is 0.0446. The standard InChI is InChI=1S/C17H31N3O5/c1-12(2)14(21)20-9-7-19(8-10-20)13(15(22)24-6)11-18-16(23)25-17(3,4)5/h12-13H,7-11H2,1-6H3,(H,18,23)/t13-/m0/s1. The fraction of sp³-hybridized carbons (Fsp3) is 0.824. The van der Waals surface area contributed by atoms with Crippen LogP contribution in [0, 0.1) is 5.92 Å². The lowest BCUT2D eigenvalue weighted by molar-refractivity contribution is -0.148. The predicted molar refractivity (Wildman–Crippen MR) is 93.0 cm³/mol. The number of alkyl carbamates (subject to hydrolysis) is 1. The molecule has 1 saturated heterocycles. The fourth-order valence-electron chi connectivity index (χ4n) is 2.61. The van der Waals surface area contributed by atoms with Gasteiger partial charge in [-0.15, -0.1) is 0 Å². The third-order valence-corrected chi connectivity index (χ3v) is 3.87. The van der Waals surface area contributed by atoms with E-state index in [-0.39, 0.29) is 18.4 Å². The van der Waals surface area contributed by atoms with Crippen molar-refractivity contribution in [1.82, 2.24) is 15.1 Å². The van der Waals surface area contributed by atoms with Gasteiger partial charge in [0.2, 0.25) is 5.91 Å². The summed E-state index contributed by atoms with van der Waals surface area (Å²) in [5.74, 6) is -0.349. The Morgan fingerprint density at radius 1 is 1.08 bits per heavy atom. The monoisotopic (exact) mass is 357 g/mol. The molecule has 0 saturated carbocycles. The maximum absolute atomic E-state index is 12.1. The largest absolute Gasteiger partial charge is 0.468 e. The first-order valence-electron chi connectivity index (χ1n) is 8.62. The Balaban J connectivity index is 2.61. The van der Waals surface area contributed by atoms with E-state index < -0.39 is 23.7 Å². The Morgan fingerprint density at radius 2 is 1.64 bits per heavy atom. The molecule has 0 unspecified atom stereocenters. The molecule has 0 aromatic heterocycles. The van der Waals surface area contributed by atoms with E-state index in [0.29, 0.717) is 26.2 Å². The van der Waals surface area contributed by atoms with Gasteiger partial charge in [0.25, 0.3) is 0 Å². The fourth-order valence-corrected chi connectivity index (χ4v) is 2.61. The van der Waals surface area contributed by atoms with Crippen LogP contribution >= 0.6 is 0 Å². The smallest absolute Gasteiger partial charge is 0.407 e. The van der Waals surface area contributed by atoms with Crippen molar-refractivity contribution in [2.75, 3.05) is 39.8 Å². The lowest BCUT2D eigenvalue weighted by atomic mass is 10.1. The molecule has 1 atom stereocenters.